The molecule has 1 aliphatic rings. The highest BCUT2D eigenvalue weighted by Crippen LogP contribution is 2.21. The van der Waals surface area contributed by atoms with Gasteiger partial charge < -0.3 is 15.0 Å². The molecule has 0 aliphatic carbocycles. The molecule has 0 unspecified atom stereocenters. The zero-order valence-electron chi connectivity index (χ0n) is 12.6. The van der Waals surface area contributed by atoms with Crippen LogP contribution in [0.2, 0.25) is 0 Å². The van der Waals surface area contributed by atoms with Crippen LogP contribution < -0.4 is 15.8 Å². The molecule has 1 aromatic rings. The smallest absolute Gasteiger partial charge is 0.268 e. The molecule has 0 saturated carbocycles. The molecule has 6 nitrogen and oxygen atoms in total. The van der Waals surface area contributed by atoms with Gasteiger partial charge in [-0.15, -0.1) is 6.42 Å². The first-order chi connectivity index (χ1) is 10.0. The van der Waals surface area contributed by atoms with Gasteiger partial charge in [0.05, 0.1) is 37.2 Å². The maximum absolute atomic E-state index is 12.1. The summed E-state index contributed by atoms with van der Waals surface area (Å²) >= 11 is 0. The Morgan fingerprint density at radius 1 is 1.57 bits per heavy atom. The van der Waals surface area contributed by atoms with Gasteiger partial charge in [-0.25, -0.2) is 4.68 Å². The summed E-state index contributed by atoms with van der Waals surface area (Å²) in [5.41, 5.74) is 0.551. The van der Waals surface area contributed by atoms with Crippen molar-refractivity contribution in [3.05, 3.63) is 22.6 Å². The van der Waals surface area contributed by atoms with Crippen molar-refractivity contribution in [2.75, 3.05) is 37.7 Å². The van der Waals surface area contributed by atoms with E-state index in [1.54, 1.807) is 12.3 Å². The van der Waals surface area contributed by atoms with Gasteiger partial charge in [-0.3, -0.25) is 4.79 Å². The molecule has 114 valence electrons. The second kappa shape index (κ2) is 6.74. The quantitative estimate of drug-likeness (QED) is 0.615. The van der Waals surface area contributed by atoms with Crippen LogP contribution in [0.1, 0.15) is 13.8 Å². The van der Waals surface area contributed by atoms with Crippen LogP contribution in [0, 0.1) is 12.3 Å². The Hall–Kier alpha value is -1.84. The number of rotatable bonds is 5. The van der Waals surface area contributed by atoms with E-state index < -0.39 is 0 Å². The summed E-state index contributed by atoms with van der Waals surface area (Å²) in [6.45, 7) is 7.91. The van der Waals surface area contributed by atoms with Gasteiger partial charge in [-0.05, 0) is 13.8 Å². The van der Waals surface area contributed by atoms with Gasteiger partial charge in [0.2, 0.25) is 0 Å². The highest BCUT2D eigenvalue weighted by atomic mass is 16.5. The topological polar surface area (TPSA) is 59.4 Å². The summed E-state index contributed by atoms with van der Waals surface area (Å²) < 4.78 is 7.12. The fourth-order valence-corrected chi connectivity index (χ4v) is 2.35. The maximum atomic E-state index is 12.1. The van der Waals surface area contributed by atoms with Gasteiger partial charge in [0.1, 0.15) is 0 Å². The Bertz CT molecular complexity index is 574. The monoisotopic (exact) mass is 290 g/mol. The van der Waals surface area contributed by atoms with Gasteiger partial charge in [0.15, 0.2) is 0 Å². The molecular formula is C15H22N4O2. The molecule has 1 aliphatic heterocycles. The summed E-state index contributed by atoms with van der Waals surface area (Å²) in [6, 6.07) is 1.63. The molecule has 21 heavy (non-hydrogen) atoms. The van der Waals surface area contributed by atoms with Crippen LogP contribution in [0.15, 0.2) is 17.1 Å². The number of nitrogens with zero attached hydrogens (tertiary/aromatic N) is 3. The summed E-state index contributed by atoms with van der Waals surface area (Å²) in [4.78, 5) is 14.2. The lowest BCUT2D eigenvalue weighted by atomic mass is 10.1. The highest BCUT2D eigenvalue weighted by molar-refractivity contribution is 5.43. The maximum Gasteiger partial charge on any atom is 0.268 e. The van der Waals surface area contributed by atoms with E-state index in [0.717, 1.165) is 18.8 Å². The average Bonchev–Trinajstić information content (AvgIpc) is 2.44. The number of ether oxygens (including phenoxy) is 1. The third-order valence-electron chi connectivity index (χ3n) is 3.37. The predicted octanol–water partition coefficient (Wildman–Crippen LogP) is 0.0813. The minimum absolute atomic E-state index is 0.0979. The molecule has 0 bridgehead atoms. The summed E-state index contributed by atoms with van der Waals surface area (Å²) in [5.74, 6) is 2.49. The minimum Gasteiger partial charge on any atom is -0.372 e. The molecule has 0 aromatic carbocycles. The van der Waals surface area contributed by atoms with E-state index in [1.807, 2.05) is 13.8 Å². The van der Waals surface area contributed by atoms with Crippen LogP contribution in [0.3, 0.4) is 0 Å². The molecule has 2 heterocycles. The van der Waals surface area contributed by atoms with Crippen molar-refractivity contribution < 1.29 is 4.74 Å². The summed E-state index contributed by atoms with van der Waals surface area (Å²) in [6.07, 6.45) is 6.89. The number of anilines is 1. The second-order valence-corrected chi connectivity index (χ2v) is 5.69. The molecule has 6 heteroatoms. The largest absolute Gasteiger partial charge is 0.372 e. The lowest BCUT2D eigenvalue weighted by Gasteiger charge is -2.39. The Balaban J connectivity index is 2.02. The van der Waals surface area contributed by atoms with Gasteiger partial charge in [-0.1, -0.05) is 5.92 Å². The molecule has 1 saturated heterocycles. The third kappa shape index (κ3) is 4.31. The van der Waals surface area contributed by atoms with E-state index in [0.29, 0.717) is 26.2 Å². The molecule has 0 spiro atoms. The van der Waals surface area contributed by atoms with Gasteiger partial charge in [0.25, 0.3) is 5.56 Å². The van der Waals surface area contributed by atoms with E-state index in [-0.39, 0.29) is 11.2 Å². The number of terminal acetylenes is 1. The van der Waals surface area contributed by atoms with E-state index in [9.17, 15) is 4.79 Å². The number of hydrogen-bond acceptors (Lipinski definition) is 5. The molecule has 1 N–H and O–H groups in total. The predicted molar refractivity (Wildman–Crippen MR) is 82.4 cm³/mol. The Morgan fingerprint density at radius 2 is 2.38 bits per heavy atom. The molecule has 0 atom stereocenters. The van der Waals surface area contributed by atoms with E-state index >= 15 is 0 Å². The van der Waals surface area contributed by atoms with Crippen molar-refractivity contribution in [2.24, 2.45) is 0 Å². The Morgan fingerprint density at radius 3 is 3.05 bits per heavy atom. The van der Waals surface area contributed by atoms with Crippen LogP contribution in [0.25, 0.3) is 0 Å². The number of morpholine rings is 1. The molecule has 1 aromatic heterocycles. The molecule has 0 amide bonds. The van der Waals surface area contributed by atoms with Crippen LogP contribution in [0.5, 0.6) is 0 Å². The van der Waals surface area contributed by atoms with E-state index in [4.69, 9.17) is 11.2 Å². The molecular weight excluding hydrogens is 268 g/mol. The Labute approximate surface area is 125 Å². The number of aromatic nitrogens is 2. The lowest BCUT2D eigenvalue weighted by Crippen LogP contribution is -2.48. The SMILES string of the molecule is C#CCNCCn1ncc(N2CCOC(C)(C)C2)cc1=O. The summed E-state index contributed by atoms with van der Waals surface area (Å²) in [7, 11) is 0. The fourth-order valence-electron chi connectivity index (χ4n) is 2.35. The Kier molecular flexibility index (Phi) is 4.99. The standard InChI is InChI=1S/C15H22N4O2/c1-4-5-16-6-7-19-14(20)10-13(11-17-19)18-8-9-21-15(2,3)12-18/h1,10-11,16H,5-9,12H2,2-3H3. The second-order valence-electron chi connectivity index (χ2n) is 5.69. The highest BCUT2D eigenvalue weighted by Gasteiger charge is 2.27. The molecule has 2 rings (SSSR count). The molecule has 0 radical (unpaired) electrons. The third-order valence-corrected chi connectivity index (χ3v) is 3.37. The average molecular weight is 290 g/mol. The van der Waals surface area contributed by atoms with Crippen molar-refractivity contribution in [2.45, 2.75) is 26.0 Å². The first-order valence-electron chi connectivity index (χ1n) is 7.12. The van der Waals surface area contributed by atoms with Crippen LogP contribution >= 0.6 is 0 Å². The van der Waals surface area contributed by atoms with Crippen LogP contribution in [-0.2, 0) is 11.3 Å². The van der Waals surface area contributed by atoms with E-state index in [2.05, 4.69) is 21.2 Å². The van der Waals surface area contributed by atoms with Crippen molar-refractivity contribution in [3.8, 4) is 12.3 Å². The van der Waals surface area contributed by atoms with Crippen LogP contribution in [0.4, 0.5) is 5.69 Å². The van der Waals surface area contributed by atoms with Crippen molar-refractivity contribution in [3.63, 3.8) is 0 Å². The summed E-state index contributed by atoms with van der Waals surface area (Å²) in [5, 5.41) is 7.27. The minimum atomic E-state index is -0.202. The molecule has 1 fully saturated rings. The van der Waals surface area contributed by atoms with Crippen molar-refractivity contribution in [1.82, 2.24) is 15.1 Å². The van der Waals surface area contributed by atoms with Crippen molar-refractivity contribution in [1.29, 1.82) is 0 Å². The van der Waals surface area contributed by atoms with Gasteiger partial charge in [-0.2, -0.15) is 5.10 Å². The number of hydrogen-bond donors (Lipinski definition) is 1. The zero-order chi connectivity index (χ0) is 15.3. The van der Waals surface area contributed by atoms with Gasteiger partial charge in [0, 0.05) is 25.7 Å². The zero-order valence-corrected chi connectivity index (χ0v) is 12.6. The first kappa shape index (κ1) is 15.5. The fraction of sp³-hybridized carbons (Fsp3) is 0.600. The van der Waals surface area contributed by atoms with Crippen molar-refractivity contribution >= 4 is 5.69 Å². The van der Waals surface area contributed by atoms with Gasteiger partial charge >= 0.3 is 0 Å². The first-order valence-corrected chi connectivity index (χ1v) is 7.12. The normalized spacial score (nSPS) is 17.5. The number of nitrogens with one attached hydrogen (secondary N) is 1. The van der Waals surface area contributed by atoms with Crippen LogP contribution in [-0.4, -0.2) is 48.2 Å². The lowest BCUT2D eigenvalue weighted by molar-refractivity contribution is -0.0277. The van der Waals surface area contributed by atoms with E-state index in [1.165, 1.54) is 4.68 Å².